The highest BCUT2D eigenvalue weighted by Crippen LogP contribution is 2.30. The fourth-order valence-electron chi connectivity index (χ4n) is 2.92. The number of carbonyl (C=O) groups is 1. The molecular weight excluding hydrogens is 437 g/mol. The van der Waals surface area contributed by atoms with Gasteiger partial charge in [0.15, 0.2) is 17.3 Å². The van der Waals surface area contributed by atoms with Crippen LogP contribution in [0.3, 0.4) is 0 Å². The maximum Gasteiger partial charge on any atom is 0.417 e. The lowest BCUT2D eigenvalue weighted by Crippen LogP contribution is -2.13. The van der Waals surface area contributed by atoms with Crippen LogP contribution in [0.15, 0.2) is 48.7 Å². The molecule has 0 saturated heterocycles. The van der Waals surface area contributed by atoms with E-state index in [2.05, 4.69) is 15.4 Å². The van der Waals surface area contributed by atoms with E-state index in [0.29, 0.717) is 22.8 Å². The third-order valence-corrected chi connectivity index (χ3v) is 4.35. The van der Waals surface area contributed by atoms with Gasteiger partial charge in [0, 0.05) is 18.3 Å². The van der Waals surface area contributed by atoms with Crippen molar-refractivity contribution in [2.45, 2.75) is 33.1 Å². The minimum atomic E-state index is -4.49. The van der Waals surface area contributed by atoms with Crippen molar-refractivity contribution in [3.63, 3.8) is 0 Å². The van der Waals surface area contributed by atoms with Crippen molar-refractivity contribution in [3.8, 4) is 17.3 Å². The molecule has 33 heavy (non-hydrogen) atoms. The Hall–Kier alpha value is -3.82. The zero-order chi connectivity index (χ0) is 24.2. The number of aromatic nitrogens is 3. The number of methoxy groups -OCH3 is 1. The van der Waals surface area contributed by atoms with Gasteiger partial charge in [-0.3, -0.25) is 4.79 Å². The number of rotatable bonds is 7. The van der Waals surface area contributed by atoms with Gasteiger partial charge in [-0.15, -0.1) is 0 Å². The van der Waals surface area contributed by atoms with E-state index in [4.69, 9.17) is 9.47 Å². The van der Waals surface area contributed by atoms with Crippen molar-refractivity contribution in [1.82, 2.24) is 14.8 Å². The highest BCUT2D eigenvalue weighted by Gasteiger charge is 2.30. The highest BCUT2D eigenvalue weighted by molar-refractivity contribution is 6.01. The van der Waals surface area contributed by atoms with Gasteiger partial charge < -0.3 is 14.8 Å². The van der Waals surface area contributed by atoms with E-state index < -0.39 is 17.6 Å². The van der Waals surface area contributed by atoms with Crippen molar-refractivity contribution in [2.75, 3.05) is 12.4 Å². The lowest BCUT2D eigenvalue weighted by Gasteiger charge is -2.13. The maximum atomic E-state index is 12.8. The second kappa shape index (κ2) is 9.76. The number of hydrogen-bond acceptors (Lipinski definition) is 5. The second-order valence-electron chi connectivity index (χ2n) is 7.39. The summed E-state index contributed by atoms with van der Waals surface area (Å²) in [5.74, 6) is 1.09. The Morgan fingerprint density at radius 2 is 1.91 bits per heavy atom. The van der Waals surface area contributed by atoms with E-state index >= 15 is 0 Å². The maximum absolute atomic E-state index is 12.8. The summed E-state index contributed by atoms with van der Waals surface area (Å²) in [5.41, 5.74) is 0.401. The average molecular weight is 460 g/mol. The number of hydrogen-bond donors (Lipinski definition) is 1. The van der Waals surface area contributed by atoms with Gasteiger partial charge in [0.05, 0.1) is 24.5 Å². The van der Waals surface area contributed by atoms with Crippen LogP contribution in [0.25, 0.3) is 11.9 Å². The Morgan fingerprint density at radius 1 is 1.15 bits per heavy atom. The molecule has 2 heterocycles. The van der Waals surface area contributed by atoms with E-state index in [1.807, 2.05) is 13.8 Å². The van der Waals surface area contributed by atoms with Crippen molar-refractivity contribution >= 4 is 17.8 Å². The normalized spacial score (nSPS) is 11.8. The van der Waals surface area contributed by atoms with Crippen LogP contribution in [0.5, 0.6) is 11.5 Å². The monoisotopic (exact) mass is 460 g/mol. The van der Waals surface area contributed by atoms with Crippen LogP contribution >= 0.6 is 0 Å². The summed E-state index contributed by atoms with van der Waals surface area (Å²) in [6, 6.07) is 8.96. The molecule has 0 radical (unpaired) electrons. The number of pyridine rings is 1. The highest BCUT2D eigenvalue weighted by atomic mass is 19.4. The number of nitrogens with zero attached hydrogens (tertiary/aromatic N) is 3. The summed E-state index contributed by atoms with van der Waals surface area (Å²) in [5, 5.41) is 6.87. The molecule has 0 fully saturated rings. The van der Waals surface area contributed by atoms with Crippen molar-refractivity contribution in [2.24, 2.45) is 0 Å². The third kappa shape index (κ3) is 6.12. The minimum absolute atomic E-state index is 0.0152. The fraction of sp³-hybridized carbons (Fsp3) is 0.261. The summed E-state index contributed by atoms with van der Waals surface area (Å²) in [7, 11) is 1.53. The lowest BCUT2D eigenvalue weighted by molar-refractivity contribution is -0.137. The van der Waals surface area contributed by atoms with Gasteiger partial charge in [-0.2, -0.15) is 23.0 Å². The van der Waals surface area contributed by atoms with E-state index in [1.165, 1.54) is 23.9 Å². The first-order chi connectivity index (χ1) is 15.6. The standard InChI is InChI=1S/C23H23F3N4O3/c1-14(2)33-18-8-5-16(12-19(18)32-4)6-10-22(31)28-21-11-15(3)29-30(21)20-9-7-17(13-27-20)23(24,25)26/h5-14H,1-4H3,(H,28,31). The van der Waals surface area contributed by atoms with Crippen LogP contribution in [0.2, 0.25) is 0 Å². The Bertz CT molecular complexity index is 1150. The van der Waals surface area contributed by atoms with Gasteiger partial charge in [-0.05, 0) is 56.7 Å². The number of benzene rings is 1. The number of aryl methyl sites for hydroxylation is 1. The Kier molecular flexibility index (Phi) is 7.05. The summed E-state index contributed by atoms with van der Waals surface area (Å²) in [6.45, 7) is 5.51. The van der Waals surface area contributed by atoms with Gasteiger partial charge in [-0.1, -0.05) is 6.07 Å². The third-order valence-electron chi connectivity index (χ3n) is 4.35. The van der Waals surface area contributed by atoms with Crippen LogP contribution in [0, 0.1) is 6.92 Å². The number of carbonyl (C=O) groups excluding carboxylic acids is 1. The predicted octanol–water partition coefficient (Wildman–Crippen LogP) is 5.04. The first-order valence-corrected chi connectivity index (χ1v) is 10.0. The summed E-state index contributed by atoms with van der Waals surface area (Å²) >= 11 is 0. The molecule has 0 aliphatic rings. The summed E-state index contributed by atoms with van der Waals surface area (Å²) < 4.78 is 50.6. The molecule has 1 amide bonds. The van der Waals surface area contributed by atoms with Crippen molar-refractivity contribution in [3.05, 3.63) is 65.5 Å². The zero-order valence-electron chi connectivity index (χ0n) is 18.5. The van der Waals surface area contributed by atoms with Crippen molar-refractivity contribution < 1.29 is 27.4 Å². The van der Waals surface area contributed by atoms with Crippen LogP contribution in [-0.2, 0) is 11.0 Å². The largest absolute Gasteiger partial charge is 0.493 e. The number of halogens is 3. The van der Waals surface area contributed by atoms with Crippen LogP contribution in [0.4, 0.5) is 19.0 Å². The van der Waals surface area contributed by atoms with Crippen molar-refractivity contribution in [1.29, 1.82) is 0 Å². The van der Waals surface area contributed by atoms with Crippen LogP contribution < -0.4 is 14.8 Å². The Balaban J connectivity index is 1.76. The molecule has 1 aromatic carbocycles. The molecule has 3 rings (SSSR count). The van der Waals surface area contributed by atoms with Gasteiger partial charge in [-0.25, -0.2) is 4.98 Å². The number of amides is 1. The SMILES string of the molecule is COc1cc(C=CC(=O)Nc2cc(C)nn2-c2ccc(C(F)(F)F)cn2)ccc1OC(C)C. The summed E-state index contributed by atoms with van der Waals surface area (Å²) in [6.07, 6.45) is -0.864. The molecule has 10 heteroatoms. The van der Waals surface area contributed by atoms with Gasteiger partial charge in [0.1, 0.15) is 5.82 Å². The molecule has 0 saturated carbocycles. The molecule has 0 aliphatic heterocycles. The number of alkyl halides is 3. The summed E-state index contributed by atoms with van der Waals surface area (Å²) in [4.78, 5) is 16.3. The number of anilines is 1. The van der Waals surface area contributed by atoms with Gasteiger partial charge >= 0.3 is 6.18 Å². The first kappa shape index (κ1) is 23.8. The quantitative estimate of drug-likeness (QED) is 0.500. The second-order valence-corrected chi connectivity index (χ2v) is 7.39. The Morgan fingerprint density at radius 3 is 2.52 bits per heavy atom. The molecule has 0 unspecified atom stereocenters. The van der Waals surface area contributed by atoms with E-state index in [9.17, 15) is 18.0 Å². The van der Waals surface area contributed by atoms with E-state index in [0.717, 1.165) is 12.3 Å². The average Bonchev–Trinajstić information content (AvgIpc) is 3.12. The molecule has 0 spiro atoms. The number of nitrogens with one attached hydrogen (secondary N) is 1. The fourth-order valence-corrected chi connectivity index (χ4v) is 2.92. The molecule has 1 N–H and O–H groups in total. The minimum Gasteiger partial charge on any atom is -0.493 e. The molecule has 7 nitrogen and oxygen atoms in total. The van der Waals surface area contributed by atoms with Crippen LogP contribution in [0.1, 0.15) is 30.7 Å². The van der Waals surface area contributed by atoms with E-state index in [1.54, 1.807) is 37.3 Å². The van der Waals surface area contributed by atoms with Gasteiger partial charge in [0.25, 0.3) is 0 Å². The number of ether oxygens (including phenoxy) is 2. The smallest absolute Gasteiger partial charge is 0.417 e. The predicted molar refractivity (Wildman–Crippen MR) is 118 cm³/mol. The zero-order valence-corrected chi connectivity index (χ0v) is 18.5. The molecule has 174 valence electrons. The van der Waals surface area contributed by atoms with Crippen LogP contribution in [-0.4, -0.2) is 33.9 Å². The molecule has 0 atom stereocenters. The molecule has 3 aromatic rings. The molecule has 0 bridgehead atoms. The van der Waals surface area contributed by atoms with Gasteiger partial charge in [0.2, 0.25) is 5.91 Å². The topological polar surface area (TPSA) is 78.3 Å². The molecule has 2 aromatic heterocycles. The van der Waals surface area contributed by atoms with E-state index in [-0.39, 0.29) is 17.7 Å². The molecular formula is C23H23F3N4O3. The molecule has 0 aliphatic carbocycles. The lowest BCUT2D eigenvalue weighted by atomic mass is 10.2. The Labute approximate surface area is 188 Å². The first-order valence-electron chi connectivity index (χ1n) is 10.0.